The molecule has 0 N–H and O–H groups in total. The van der Waals surface area contributed by atoms with Gasteiger partial charge in [0.05, 0.1) is 18.1 Å². The fourth-order valence-corrected chi connectivity index (χ4v) is 6.36. The Balaban J connectivity index is 1.44. The van der Waals surface area contributed by atoms with Crippen molar-refractivity contribution in [2.45, 2.75) is 17.7 Å². The van der Waals surface area contributed by atoms with Crippen LogP contribution in [0.25, 0.3) is 0 Å². The van der Waals surface area contributed by atoms with Crippen molar-refractivity contribution in [2.24, 2.45) is 5.92 Å². The molecule has 0 bridgehead atoms. The third kappa shape index (κ3) is 2.97. The van der Waals surface area contributed by atoms with E-state index in [4.69, 9.17) is 4.74 Å². The summed E-state index contributed by atoms with van der Waals surface area (Å²) in [5.74, 6) is -0.610. The predicted molar refractivity (Wildman–Crippen MR) is 93.8 cm³/mol. The van der Waals surface area contributed by atoms with E-state index in [1.165, 1.54) is 18.3 Å². The van der Waals surface area contributed by atoms with Gasteiger partial charge in [-0.05, 0) is 30.7 Å². The van der Waals surface area contributed by atoms with E-state index >= 15 is 0 Å². The van der Waals surface area contributed by atoms with Crippen LogP contribution in [0.1, 0.15) is 12.1 Å². The average molecular weight is 377 g/mol. The van der Waals surface area contributed by atoms with Crippen LogP contribution in [0.5, 0.6) is 5.88 Å². The predicted octanol–water partition coefficient (Wildman–Crippen LogP) is 1.68. The fraction of sp³-hybridized carbons (Fsp3) is 0.444. The molecule has 0 saturated carbocycles. The number of halogens is 1. The first-order valence-corrected chi connectivity index (χ1v) is 10.2. The summed E-state index contributed by atoms with van der Waals surface area (Å²) in [5, 5.41) is 0. The van der Waals surface area contributed by atoms with Crippen molar-refractivity contribution in [3.63, 3.8) is 0 Å². The Hall–Kier alpha value is -2.06. The van der Waals surface area contributed by atoms with Crippen LogP contribution in [0.15, 0.2) is 42.7 Å². The summed E-state index contributed by atoms with van der Waals surface area (Å²) >= 11 is 0. The first-order chi connectivity index (χ1) is 12.5. The van der Waals surface area contributed by atoms with Gasteiger partial charge in [0.1, 0.15) is 4.75 Å². The zero-order valence-electron chi connectivity index (χ0n) is 14.2. The molecule has 2 aliphatic rings. The number of sulfone groups is 1. The molecule has 0 aromatic carbocycles. The molecular formula is C18H20FN3O3S. The van der Waals surface area contributed by atoms with E-state index in [1.807, 2.05) is 18.2 Å². The molecule has 0 unspecified atom stereocenters. The number of ether oxygens (including phenoxy) is 1. The minimum absolute atomic E-state index is 0.0726. The molecule has 0 amide bonds. The molecule has 6 nitrogen and oxygen atoms in total. The molecule has 2 aliphatic heterocycles. The molecule has 0 aliphatic carbocycles. The number of pyridine rings is 2. The van der Waals surface area contributed by atoms with Crippen molar-refractivity contribution >= 4 is 9.84 Å². The summed E-state index contributed by atoms with van der Waals surface area (Å²) in [6, 6.07) is 8.47. The standard InChI is InChI=1S/C18H20FN3O3S/c19-16-5-3-8-21-17(16)25-11-14-6-9-26(23,24)18(14)12-22(13-18)10-15-4-1-2-7-20-15/h1-5,7-8,14H,6,9-13H2/t14-/m0/s1. The van der Waals surface area contributed by atoms with Gasteiger partial charge in [-0.1, -0.05) is 6.07 Å². The normalized spacial score (nSPS) is 23.7. The highest BCUT2D eigenvalue weighted by atomic mass is 32.2. The van der Waals surface area contributed by atoms with Gasteiger partial charge in [0, 0.05) is 37.9 Å². The minimum atomic E-state index is -3.19. The van der Waals surface area contributed by atoms with Crippen LogP contribution in [-0.4, -0.2) is 53.5 Å². The van der Waals surface area contributed by atoms with Crippen LogP contribution in [-0.2, 0) is 16.4 Å². The number of rotatable bonds is 5. The third-order valence-electron chi connectivity index (χ3n) is 5.34. The Kier molecular flexibility index (Phi) is 4.40. The van der Waals surface area contributed by atoms with Crippen molar-refractivity contribution in [1.29, 1.82) is 0 Å². The van der Waals surface area contributed by atoms with Crippen LogP contribution in [0.4, 0.5) is 4.39 Å². The second kappa shape index (κ2) is 6.59. The van der Waals surface area contributed by atoms with E-state index in [-0.39, 0.29) is 24.2 Å². The molecule has 1 atom stereocenters. The van der Waals surface area contributed by atoms with Crippen molar-refractivity contribution < 1.29 is 17.5 Å². The number of likely N-dealkylation sites (tertiary alicyclic amines) is 1. The van der Waals surface area contributed by atoms with Gasteiger partial charge < -0.3 is 4.74 Å². The van der Waals surface area contributed by atoms with Crippen LogP contribution in [0, 0.1) is 11.7 Å². The number of hydrogen-bond donors (Lipinski definition) is 0. The van der Waals surface area contributed by atoms with E-state index in [0.29, 0.717) is 26.1 Å². The van der Waals surface area contributed by atoms with Gasteiger partial charge in [0.15, 0.2) is 15.7 Å². The van der Waals surface area contributed by atoms with Gasteiger partial charge in [0.25, 0.3) is 0 Å². The first kappa shape index (κ1) is 17.4. The van der Waals surface area contributed by atoms with Gasteiger partial charge in [0.2, 0.25) is 5.88 Å². The molecular weight excluding hydrogens is 357 g/mol. The molecule has 2 aromatic rings. The van der Waals surface area contributed by atoms with Crippen molar-refractivity contribution in [3.8, 4) is 5.88 Å². The van der Waals surface area contributed by atoms with Crippen LogP contribution in [0.2, 0.25) is 0 Å². The molecule has 0 radical (unpaired) electrons. The Morgan fingerprint density at radius 1 is 1.19 bits per heavy atom. The van der Waals surface area contributed by atoms with Gasteiger partial charge in [-0.15, -0.1) is 0 Å². The zero-order chi connectivity index (χ0) is 18.2. The highest BCUT2D eigenvalue weighted by Gasteiger charge is 2.61. The molecule has 2 saturated heterocycles. The molecule has 26 heavy (non-hydrogen) atoms. The van der Waals surface area contributed by atoms with E-state index in [9.17, 15) is 12.8 Å². The van der Waals surface area contributed by atoms with Crippen molar-refractivity contribution in [1.82, 2.24) is 14.9 Å². The Morgan fingerprint density at radius 3 is 2.73 bits per heavy atom. The van der Waals surface area contributed by atoms with E-state index in [2.05, 4.69) is 14.9 Å². The molecule has 2 fully saturated rings. The van der Waals surface area contributed by atoms with Gasteiger partial charge in [-0.2, -0.15) is 0 Å². The summed E-state index contributed by atoms with van der Waals surface area (Å²) < 4.78 is 43.7. The smallest absolute Gasteiger partial charge is 0.250 e. The van der Waals surface area contributed by atoms with E-state index in [1.54, 1.807) is 6.20 Å². The van der Waals surface area contributed by atoms with Crippen molar-refractivity contribution in [2.75, 3.05) is 25.4 Å². The first-order valence-electron chi connectivity index (χ1n) is 8.58. The average Bonchev–Trinajstić information content (AvgIpc) is 2.86. The summed E-state index contributed by atoms with van der Waals surface area (Å²) in [6.07, 6.45) is 3.72. The number of nitrogens with zero attached hydrogens (tertiary/aromatic N) is 3. The molecule has 8 heteroatoms. The van der Waals surface area contributed by atoms with Crippen LogP contribution < -0.4 is 4.74 Å². The lowest BCUT2D eigenvalue weighted by atomic mass is 9.83. The highest BCUT2D eigenvalue weighted by molar-refractivity contribution is 7.93. The maximum Gasteiger partial charge on any atom is 0.250 e. The molecule has 138 valence electrons. The quantitative estimate of drug-likeness (QED) is 0.790. The molecule has 4 heterocycles. The topological polar surface area (TPSA) is 72.4 Å². The molecule has 2 aromatic heterocycles. The van der Waals surface area contributed by atoms with Gasteiger partial charge >= 0.3 is 0 Å². The zero-order valence-corrected chi connectivity index (χ0v) is 15.0. The van der Waals surface area contributed by atoms with E-state index in [0.717, 1.165) is 5.69 Å². The fourth-order valence-electron chi connectivity index (χ4n) is 3.91. The summed E-state index contributed by atoms with van der Waals surface area (Å²) in [4.78, 5) is 10.2. The maximum absolute atomic E-state index is 13.7. The number of hydrogen-bond acceptors (Lipinski definition) is 6. The maximum atomic E-state index is 13.7. The lowest BCUT2D eigenvalue weighted by molar-refractivity contribution is 0.0564. The van der Waals surface area contributed by atoms with Crippen LogP contribution in [0.3, 0.4) is 0 Å². The van der Waals surface area contributed by atoms with Gasteiger partial charge in [-0.3, -0.25) is 9.88 Å². The Labute approximate surface area is 151 Å². The molecule has 1 spiro atoms. The van der Waals surface area contributed by atoms with Crippen molar-refractivity contribution in [3.05, 3.63) is 54.2 Å². The second-order valence-electron chi connectivity index (χ2n) is 6.94. The monoisotopic (exact) mass is 377 g/mol. The lowest BCUT2D eigenvalue weighted by Crippen LogP contribution is -2.67. The van der Waals surface area contributed by atoms with Crippen LogP contribution >= 0.6 is 0 Å². The summed E-state index contributed by atoms with van der Waals surface area (Å²) in [5.41, 5.74) is 0.918. The number of aromatic nitrogens is 2. The van der Waals surface area contributed by atoms with E-state index < -0.39 is 20.4 Å². The SMILES string of the molecule is O=S1(=O)CC[C@@H](COc2ncccc2F)C12CN(Cc1ccccn1)C2. The minimum Gasteiger partial charge on any atom is -0.475 e. The Morgan fingerprint density at radius 2 is 2.00 bits per heavy atom. The molecule has 4 rings (SSSR count). The highest BCUT2D eigenvalue weighted by Crippen LogP contribution is 2.45. The lowest BCUT2D eigenvalue weighted by Gasteiger charge is -2.49. The second-order valence-corrected chi connectivity index (χ2v) is 9.39. The Bertz CT molecular complexity index is 886. The largest absolute Gasteiger partial charge is 0.475 e. The summed E-state index contributed by atoms with van der Waals surface area (Å²) in [7, 11) is -3.19. The third-order valence-corrected chi connectivity index (χ3v) is 7.94. The van der Waals surface area contributed by atoms with Gasteiger partial charge in [-0.25, -0.2) is 17.8 Å². The summed E-state index contributed by atoms with van der Waals surface area (Å²) in [6.45, 7) is 1.71.